The maximum Gasteiger partial charge on any atom is 0.254 e. The number of nitrogens with two attached hydrogens (primary N) is 1. The van der Waals surface area contributed by atoms with E-state index in [-0.39, 0.29) is 25.9 Å². The fourth-order valence-electron chi connectivity index (χ4n) is 1.40. The number of rotatable bonds is 3. The van der Waals surface area contributed by atoms with Crippen molar-refractivity contribution in [3.05, 3.63) is 27.7 Å². The Balaban J connectivity index is 3.22. The average molecular weight is 339 g/mol. The lowest BCUT2D eigenvalue weighted by molar-refractivity contribution is 0.0939. The van der Waals surface area contributed by atoms with Gasteiger partial charge in [-0.15, -0.1) is 0 Å². The highest BCUT2D eigenvalue weighted by Crippen LogP contribution is 2.30. The number of amides is 1. The number of sulfonamides is 1. The first-order valence-electron chi connectivity index (χ1n) is 5.72. The predicted molar refractivity (Wildman–Crippen MR) is 79.6 cm³/mol. The highest BCUT2D eigenvalue weighted by Gasteiger charge is 2.23. The fraction of sp³-hybridized carbons (Fsp3) is 0.417. The highest BCUT2D eigenvalue weighted by atomic mass is 35.5. The zero-order chi connectivity index (χ0) is 15.7. The molecule has 8 heteroatoms. The van der Waals surface area contributed by atoms with Gasteiger partial charge in [-0.05, 0) is 17.5 Å². The molecule has 5 nitrogen and oxygen atoms in total. The minimum absolute atomic E-state index is 0.0637. The molecule has 20 heavy (non-hydrogen) atoms. The number of benzene rings is 1. The first-order valence-corrected chi connectivity index (χ1v) is 8.03. The molecule has 0 aliphatic heterocycles. The van der Waals surface area contributed by atoms with Gasteiger partial charge in [0, 0.05) is 6.54 Å². The van der Waals surface area contributed by atoms with Gasteiger partial charge in [0.1, 0.15) is 4.90 Å². The summed E-state index contributed by atoms with van der Waals surface area (Å²) >= 11 is 11.9. The number of halogens is 2. The molecule has 1 aromatic carbocycles. The van der Waals surface area contributed by atoms with E-state index in [1.165, 1.54) is 12.1 Å². The van der Waals surface area contributed by atoms with Crippen LogP contribution in [0.4, 0.5) is 0 Å². The lowest BCUT2D eigenvalue weighted by atomic mass is 9.97. The van der Waals surface area contributed by atoms with Crippen molar-refractivity contribution >= 4 is 39.1 Å². The minimum Gasteiger partial charge on any atom is -0.351 e. The normalized spacial score (nSPS) is 12.3. The van der Waals surface area contributed by atoms with E-state index in [2.05, 4.69) is 5.32 Å². The van der Waals surface area contributed by atoms with Gasteiger partial charge >= 0.3 is 0 Å². The van der Waals surface area contributed by atoms with Crippen molar-refractivity contribution in [1.82, 2.24) is 5.32 Å². The van der Waals surface area contributed by atoms with Crippen LogP contribution in [0.25, 0.3) is 0 Å². The summed E-state index contributed by atoms with van der Waals surface area (Å²) in [6.07, 6.45) is 0. The molecule has 0 spiro atoms. The lowest BCUT2D eigenvalue weighted by Crippen LogP contribution is -2.32. The van der Waals surface area contributed by atoms with Crippen LogP contribution in [0.1, 0.15) is 31.1 Å². The van der Waals surface area contributed by atoms with Gasteiger partial charge in [-0.1, -0.05) is 44.0 Å². The van der Waals surface area contributed by atoms with E-state index in [1.54, 1.807) is 0 Å². The first-order chi connectivity index (χ1) is 8.93. The number of primary sulfonamides is 1. The van der Waals surface area contributed by atoms with Gasteiger partial charge in [-0.2, -0.15) is 0 Å². The Morgan fingerprint density at radius 1 is 1.30 bits per heavy atom. The molecule has 0 aliphatic rings. The van der Waals surface area contributed by atoms with E-state index < -0.39 is 15.9 Å². The number of carbonyl (C=O) groups is 1. The van der Waals surface area contributed by atoms with Crippen LogP contribution < -0.4 is 10.5 Å². The second kappa shape index (κ2) is 5.89. The Morgan fingerprint density at radius 3 is 2.30 bits per heavy atom. The van der Waals surface area contributed by atoms with Crippen LogP contribution in [0.2, 0.25) is 10.0 Å². The molecule has 0 atom stereocenters. The van der Waals surface area contributed by atoms with Crippen LogP contribution in [0.5, 0.6) is 0 Å². The maximum atomic E-state index is 12.1. The van der Waals surface area contributed by atoms with E-state index in [0.717, 1.165) is 0 Å². The standard InChI is InChI=1S/C12H16Cl2N2O3S/c1-12(2,3)6-16-11(17)9-7(13)4-5-8(10(9)14)20(15,18)19/h4-5H,6H2,1-3H3,(H,16,17)(H2,15,18,19). The molecule has 0 heterocycles. The van der Waals surface area contributed by atoms with Crippen LogP contribution in [-0.2, 0) is 10.0 Å². The number of hydrogen-bond acceptors (Lipinski definition) is 3. The van der Waals surface area contributed by atoms with Gasteiger partial charge in [-0.25, -0.2) is 13.6 Å². The molecule has 0 aliphatic carbocycles. The topological polar surface area (TPSA) is 89.3 Å². The largest absolute Gasteiger partial charge is 0.351 e. The third-order valence-corrected chi connectivity index (χ3v) is 4.14. The van der Waals surface area contributed by atoms with E-state index in [0.29, 0.717) is 6.54 Å². The fourth-order valence-corrected chi connectivity index (χ4v) is 2.87. The van der Waals surface area contributed by atoms with Crippen LogP contribution in [0, 0.1) is 5.41 Å². The molecule has 0 aromatic heterocycles. The van der Waals surface area contributed by atoms with Crippen LogP contribution >= 0.6 is 23.2 Å². The van der Waals surface area contributed by atoms with E-state index >= 15 is 0 Å². The Kier molecular flexibility index (Phi) is 5.08. The maximum absolute atomic E-state index is 12.1. The van der Waals surface area contributed by atoms with Gasteiger partial charge in [0.25, 0.3) is 5.91 Å². The van der Waals surface area contributed by atoms with Crippen molar-refractivity contribution in [1.29, 1.82) is 0 Å². The smallest absolute Gasteiger partial charge is 0.254 e. The Labute approximate surface area is 128 Å². The molecule has 0 radical (unpaired) electrons. The molecule has 0 bridgehead atoms. The summed E-state index contributed by atoms with van der Waals surface area (Å²) in [5.41, 5.74) is -0.226. The summed E-state index contributed by atoms with van der Waals surface area (Å²) in [5.74, 6) is -0.541. The van der Waals surface area contributed by atoms with Crippen LogP contribution in [0.15, 0.2) is 17.0 Å². The van der Waals surface area contributed by atoms with Crippen molar-refractivity contribution in [3.8, 4) is 0 Å². The van der Waals surface area contributed by atoms with Gasteiger partial charge in [-0.3, -0.25) is 4.79 Å². The number of hydrogen-bond donors (Lipinski definition) is 2. The molecule has 112 valence electrons. The predicted octanol–water partition coefficient (Wildman–Crippen LogP) is 2.42. The van der Waals surface area contributed by atoms with Gasteiger partial charge < -0.3 is 5.32 Å². The molecule has 0 unspecified atom stereocenters. The highest BCUT2D eigenvalue weighted by molar-refractivity contribution is 7.89. The van der Waals surface area contributed by atoms with E-state index in [9.17, 15) is 13.2 Å². The average Bonchev–Trinajstić information content (AvgIpc) is 2.23. The van der Waals surface area contributed by atoms with E-state index in [1.807, 2.05) is 20.8 Å². The van der Waals surface area contributed by atoms with Crippen LogP contribution in [-0.4, -0.2) is 20.9 Å². The Hall–Kier alpha value is -0.820. The van der Waals surface area contributed by atoms with Crippen LogP contribution in [0.3, 0.4) is 0 Å². The SMILES string of the molecule is CC(C)(C)CNC(=O)c1c(Cl)ccc(S(N)(=O)=O)c1Cl. The Morgan fingerprint density at radius 2 is 1.85 bits per heavy atom. The van der Waals surface area contributed by atoms with Crippen molar-refractivity contribution in [2.45, 2.75) is 25.7 Å². The minimum atomic E-state index is -4.02. The summed E-state index contributed by atoms with van der Waals surface area (Å²) in [5, 5.41) is 7.48. The lowest BCUT2D eigenvalue weighted by Gasteiger charge is -2.19. The molecule has 3 N–H and O–H groups in total. The molecule has 0 fully saturated rings. The summed E-state index contributed by atoms with van der Waals surface area (Å²) in [4.78, 5) is 11.8. The summed E-state index contributed by atoms with van der Waals surface area (Å²) in [6.45, 7) is 6.21. The van der Waals surface area contributed by atoms with Crippen molar-refractivity contribution < 1.29 is 13.2 Å². The Bertz CT molecular complexity index is 637. The third kappa shape index (κ3) is 4.34. The molecule has 1 rings (SSSR count). The first kappa shape index (κ1) is 17.2. The zero-order valence-electron chi connectivity index (χ0n) is 11.3. The molecule has 1 amide bonds. The second-order valence-electron chi connectivity index (χ2n) is 5.52. The molecule has 0 saturated carbocycles. The molecule has 1 aromatic rings. The van der Waals surface area contributed by atoms with Gasteiger partial charge in [0.15, 0.2) is 0 Å². The third-order valence-electron chi connectivity index (χ3n) is 2.37. The number of nitrogens with one attached hydrogen (secondary N) is 1. The summed E-state index contributed by atoms with van der Waals surface area (Å²) in [6, 6.07) is 2.44. The molecular weight excluding hydrogens is 323 g/mol. The summed E-state index contributed by atoms with van der Waals surface area (Å²) < 4.78 is 22.8. The molecular formula is C12H16Cl2N2O3S. The van der Waals surface area contributed by atoms with Gasteiger partial charge in [0.2, 0.25) is 10.0 Å². The van der Waals surface area contributed by atoms with E-state index in [4.69, 9.17) is 28.3 Å². The molecule has 0 saturated heterocycles. The summed E-state index contributed by atoms with van der Waals surface area (Å²) in [7, 11) is -4.02. The van der Waals surface area contributed by atoms with Crippen molar-refractivity contribution in [2.24, 2.45) is 10.6 Å². The van der Waals surface area contributed by atoms with Gasteiger partial charge in [0.05, 0.1) is 15.6 Å². The zero-order valence-corrected chi connectivity index (χ0v) is 13.7. The van der Waals surface area contributed by atoms with Crippen molar-refractivity contribution in [3.63, 3.8) is 0 Å². The monoisotopic (exact) mass is 338 g/mol. The second-order valence-corrected chi connectivity index (χ2v) is 7.84. The number of carbonyl (C=O) groups excluding carboxylic acids is 1. The van der Waals surface area contributed by atoms with Crippen molar-refractivity contribution in [2.75, 3.05) is 6.54 Å². The quantitative estimate of drug-likeness (QED) is 0.886.